The molecule has 0 saturated carbocycles. The second kappa shape index (κ2) is 7.69. The smallest absolute Gasteiger partial charge is 0.253 e. The van der Waals surface area contributed by atoms with Gasteiger partial charge in [-0.25, -0.2) is 4.39 Å². The number of amides is 1. The highest BCUT2D eigenvalue weighted by Gasteiger charge is 2.36. The van der Waals surface area contributed by atoms with Gasteiger partial charge in [-0.2, -0.15) is 0 Å². The molecular weight excluding hydrogens is 343 g/mol. The maximum atomic E-state index is 13.7. The quantitative estimate of drug-likeness (QED) is 0.827. The molecule has 2 bridgehead atoms. The van der Waals surface area contributed by atoms with Crippen molar-refractivity contribution in [1.82, 2.24) is 9.80 Å². The van der Waals surface area contributed by atoms with Gasteiger partial charge >= 0.3 is 0 Å². The van der Waals surface area contributed by atoms with Crippen molar-refractivity contribution in [2.45, 2.75) is 25.4 Å². The fourth-order valence-corrected chi connectivity index (χ4v) is 4.34. The van der Waals surface area contributed by atoms with Crippen molar-refractivity contribution in [2.75, 3.05) is 26.7 Å². The van der Waals surface area contributed by atoms with Crippen LogP contribution in [0.3, 0.4) is 0 Å². The molecule has 5 heteroatoms. The number of nitrogens with zero attached hydrogens (tertiary/aromatic N) is 2. The van der Waals surface area contributed by atoms with E-state index in [2.05, 4.69) is 4.90 Å². The summed E-state index contributed by atoms with van der Waals surface area (Å²) in [7, 11) is 1.49. The Morgan fingerprint density at radius 2 is 1.93 bits per heavy atom. The number of fused-ring (bicyclic) bond motifs is 4. The molecule has 2 atom stereocenters. The lowest BCUT2D eigenvalue weighted by Gasteiger charge is -2.36. The van der Waals surface area contributed by atoms with Crippen LogP contribution in [0.1, 0.15) is 28.8 Å². The minimum atomic E-state index is -0.335. The molecule has 5 rings (SSSR count). The first kappa shape index (κ1) is 18.0. The lowest BCUT2D eigenvalue weighted by molar-refractivity contribution is 0.0736. The topological polar surface area (TPSA) is 32.8 Å². The molecule has 27 heavy (non-hydrogen) atoms. The van der Waals surface area contributed by atoms with Gasteiger partial charge in [0, 0.05) is 37.8 Å². The molecular formula is C22H25FN2O2. The summed E-state index contributed by atoms with van der Waals surface area (Å²) in [6.07, 6.45) is 2.26. The van der Waals surface area contributed by atoms with E-state index >= 15 is 0 Å². The van der Waals surface area contributed by atoms with E-state index in [0.29, 0.717) is 12.0 Å². The highest BCUT2D eigenvalue weighted by atomic mass is 19.1. The van der Waals surface area contributed by atoms with Crippen molar-refractivity contribution >= 4 is 5.91 Å². The third-order valence-corrected chi connectivity index (χ3v) is 5.74. The second-order valence-electron chi connectivity index (χ2n) is 7.57. The van der Waals surface area contributed by atoms with Crippen LogP contribution in [0.2, 0.25) is 0 Å². The molecule has 0 aliphatic carbocycles. The maximum Gasteiger partial charge on any atom is 0.253 e. The number of benzene rings is 2. The Kier molecular flexibility index (Phi) is 5.12. The largest absolute Gasteiger partial charge is 0.494 e. The predicted octanol–water partition coefficient (Wildman–Crippen LogP) is 3.57. The first-order chi connectivity index (χ1) is 13.1. The third kappa shape index (κ3) is 3.83. The Labute approximate surface area is 159 Å². The van der Waals surface area contributed by atoms with Gasteiger partial charge in [-0.1, -0.05) is 24.3 Å². The first-order valence-corrected chi connectivity index (χ1v) is 9.55. The van der Waals surface area contributed by atoms with Gasteiger partial charge < -0.3 is 9.64 Å². The monoisotopic (exact) mass is 368 g/mol. The average molecular weight is 368 g/mol. The Morgan fingerprint density at radius 3 is 2.70 bits per heavy atom. The SMILES string of the molecule is COc1cc(CN2C[C@H]3CC[C@@H]2CN(C(=O)c2ccccc2)C3)ccc1F. The van der Waals surface area contributed by atoms with Crippen LogP contribution >= 0.6 is 0 Å². The molecule has 3 aliphatic heterocycles. The standard InChI is InChI=1S/C22H25FN2O2/c1-27-21-11-16(8-10-20(21)23)12-24-13-17-7-9-19(24)15-25(14-17)22(26)18-5-3-2-4-6-18/h2-6,8,10-11,17,19H,7,9,12-15H2,1H3/t17-,19-/m1/s1. The molecule has 1 amide bonds. The van der Waals surface area contributed by atoms with Gasteiger partial charge in [0.25, 0.3) is 5.91 Å². The first-order valence-electron chi connectivity index (χ1n) is 9.55. The molecule has 2 aromatic rings. The van der Waals surface area contributed by atoms with Gasteiger partial charge in [-0.3, -0.25) is 9.69 Å². The second-order valence-corrected chi connectivity index (χ2v) is 7.57. The van der Waals surface area contributed by atoms with Crippen LogP contribution in [0.15, 0.2) is 48.5 Å². The summed E-state index contributed by atoms with van der Waals surface area (Å²) in [6, 6.07) is 14.9. The summed E-state index contributed by atoms with van der Waals surface area (Å²) in [4.78, 5) is 17.4. The van der Waals surface area contributed by atoms with Gasteiger partial charge in [-0.05, 0) is 48.6 Å². The number of ether oxygens (including phenoxy) is 1. The summed E-state index contributed by atoms with van der Waals surface area (Å²) < 4.78 is 18.8. The van der Waals surface area contributed by atoms with Crippen molar-refractivity contribution in [3.63, 3.8) is 0 Å². The molecule has 0 unspecified atom stereocenters. The number of hydrogen-bond donors (Lipinski definition) is 0. The summed E-state index contributed by atoms with van der Waals surface area (Å²) in [6.45, 7) is 3.30. The van der Waals surface area contributed by atoms with Crippen LogP contribution in [0, 0.1) is 11.7 Å². The van der Waals surface area contributed by atoms with Gasteiger partial charge in [-0.15, -0.1) is 0 Å². The van der Waals surface area contributed by atoms with Crippen LogP contribution < -0.4 is 4.74 Å². The van der Waals surface area contributed by atoms with Crippen molar-refractivity contribution in [1.29, 1.82) is 0 Å². The van der Waals surface area contributed by atoms with Gasteiger partial charge in [0.15, 0.2) is 11.6 Å². The zero-order valence-electron chi connectivity index (χ0n) is 15.6. The van der Waals surface area contributed by atoms with Crippen molar-refractivity contribution in [3.8, 4) is 5.75 Å². The minimum absolute atomic E-state index is 0.123. The predicted molar refractivity (Wildman–Crippen MR) is 102 cm³/mol. The van der Waals surface area contributed by atoms with E-state index in [9.17, 15) is 9.18 Å². The molecule has 0 N–H and O–H groups in total. The zero-order chi connectivity index (χ0) is 18.8. The number of carbonyl (C=O) groups excluding carboxylic acids is 1. The molecule has 0 aromatic heterocycles. The Bertz CT molecular complexity index is 811. The van der Waals surface area contributed by atoms with E-state index < -0.39 is 0 Å². The maximum absolute atomic E-state index is 13.7. The fraction of sp³-hybridized carbons (Fsp3) is 0.409. The van der Waals surface area contributed by atoms with E-state index in [1.165, 1.54) is 13.2 Å². The Balaban J connectivity index is 1.49. The van der Waals surface area contributed by atoms with Crippen LogP contribution in [0.5, 0.6) is 5.75 Å². The summed E-state index contributed by atoms with van der Waals surface area (Å²) in [5.41, 5.74) is 1.80. The summed E-state index contributed by atoms with van der Waals surface area (Å²) >= 11 is 0. The van der Waals surface area contributed by atoms with Crippen molar-refractivity contribution in [3.05, 3.63) is 65.5 Å². The molecule has 0 radical (unpaired) electrons. The van der Waals surface area contributed by atoms with E-state index in [4.69, 9.17) is 4.74 Å². The number of halogens is 1. The van der Waals surface area contributed by atoms with Crippen molar-refractivity contribution < 1.29 is 13.9 Å². The van der Waals surface area contributed by atoms with E-state index in [1.54, 1.807) is 6.07 Å². The molecule has 0 spiro atoms. The Hall–Kier alpha value is -2.40. The minimum Gasteiger partial charge on any atom is -0.494 e. The molecule has 3 saturated heterocycles. The number of carbonyl (C=O) groups is 1. The highest BCUT2D eigenvalue weighted by molar-refractivity contribution is 5.94. The molecule has 2 aromatic carbocycles. The fourth-order valence-electron chi connectivity index (χ4n) is 4.34. The number of rotatable bonds is 4. The van der Waals surface area contributed by atoms with Gasteiger partial charge in [0.1, 0.15) is 0 Å². The Morgan fingerprint density at radius 1 is 1.11 bits per heavy atom. The zero-order valence-corrected chi connectivity index (χ0v) is 15.6. The lowest BCUT2D eigenvalue weighted by atomic mass is 9.94. The summed E-state index contributed by atoms with van der Waals surface area (Å²) in [5, 5.41) is 0. The highest BCUT2D eigenvalue weighted by Crippen LogP contribution is 2.30. The molecule has 142 valence electrons. The molecule has 3 heterocycles. The molecule has 3 fully saturated rings. The number of hydrogen-bond acceptors (Lipinski definition) is 3. The third-order valence-electron chi connectivity index (χ3n) is 5.74. The normalized spacial score (nSPS) is 22.5. The van der Waals surface area contributed by atoms with Crippen molar-refractivity contribution in [2.24, 2.45) is 5.92 Å². The molecule has 3 aliphatic rings. The number of piperidine rings is 1. The van der Waals surface area contributed by atoms with E-state index in [-0.39, 0.29) is 17.5 Å². The van der Waals surface area contributed by atoms with Gasteiger partial charge in [0.05, 0.1) is 7.11 Å². The van der Waals surface area contributed by atoms with Crippen LogP contribution in [0.4, 0.5) is 4.39 Å². The van der Waals surface area contributed by atoms with Crippen LogP contribution in [0.25, 0.3) is 0 Å². The molecule has 4 nitrogen and oxygen atoms in total. The summed E-state index contributed by atoms with van der Waals surface area (Å²) in [5.74, 6) is 0.559. The average Bonchev–Trinajstić information content (AvgIpc) is 3.01. The lowest BCUT2D eigenvalue weighted by Crippen LogP contribution is -2.43. The van der Waals surface area contributed by atoms with Crippen LogP contribution in [-0.2, 0) is 6.54 Å². The van der Waals surface area contributed by atoms with E-state index in [1.807, 2.05) is 41.3 Å². The van der Waals surface area contributed by atoms with Gasteiger partial charge in [0.2, 0.25) is 0 Å². The van der Waals surface area contributed by atoms with E-state index in [0.717, 1.165) is 50.1 Å². The number of methoxy groups -OCH3 is 1. The van der Waals surface area contributed by atoms with Crippen LogP contribution in [-0.4, -0.2) is 48.5 Å².